The molecular weight excluding hydrogens is 220 g/mol. The Labute approximate surface area is 106 Å². The summed E-state index contributed by atoms with van der Waals surface area (Å²) in [5.41, 5.74) is 10.6. The molecule has 0 aliphatic heterocycles. The summed E-state index contributed by atoms with van der Waals surface area (Å²) in [5.74, 6) is -0.0209. The van der Waals surface area contributed by atoms with E-state index in [1.807, 2.05) is 54.6 Å². The average Bonchev–Trinajstić information content (AvgIpc) is 2.73. The first-order valence-corrected chi connectivity index (χ1v) is 5.87. The van der Waals surface area contributed by atoms with Gasteiger partial charge in [0, 0.05) is 11.5 Å². The van der Waals surface area contributed by atoms with E-state index >= 15 is 0 Å². The Balaban J connectivity index is 2.24. The van der Waals surface area contributed by atoms with Gasteiger partial charge in [-0.3, -0.25) is 0 Å². The summed E-state index contributed by atoms with van der Waals surface area (Å²) >= 11 is 0. The maximum absolute atomic E-state index is 9.35. The number of fused-ring (bicyclic) bond motifs is 1. The largest absolute Gasteiger partial charge is 0.397 e. The molecule has 0 saturated heterocycles. The van der Waals surface area contributed by atoms with Gasteiger partial charge in [-0.2, -0.15) is 5.26 Å². The number of benzene rings is 2. The number of nitrogens with two attached hydrogens (primary N) is 1. The molecule has 1 atom stereocenters. The predicted octanol–water partition coefficient (Wildman–Crippen LogP) is 3.03. The van der Waals surface area contributed by atoms with Crippen molar-refractivity contribution in [3.05, 3.63) is 76.9 Å². The van der Waals surface area contributed by atoms with Gasteiger partial charge in [0.1, 0.15) is 0 Å². The summed E-state index contributed by atoms with van der Waals surface area (Å²) in [6.45, 7) is 0. The fourth-order valence-corrected chi connectivity index (χ4v) is 2.57. The number of rotatable bonds is 1. The van der Waals surface area contributed by atoms with Crippen molar-refractivity contribution in [3.8, 4) is 6.07 Å². The molecule has 1 aliphatic rings. The lowest BCUT2D eigenvalue weighted by atomic mass is 9.89. The second-order valence-corrected chi connectivity index (χ2v) is 4.37. The molecule has 0 bridgehead atoms. The fraction of sp³-hybridized carbons (Fsp3) is 0.0625. The van der Waals surface area contributed by atoms with E-state index in [1.54, 1.807) is 0 Å². The molecule has 86 valence electrons. The number of allylic oxidation sites excluding steroid dienone is 1. The van der Waals surface area contributed by atoms with Gasteiger partial charge in [-0.25, -0.2) is 0 Å². The zero-order valence-corrected chi connectivity index (χ0v) is 9.80. The Kier molecular flexibility index (Phi) is 2.39. The van der Waals surface area contributed by atoms with Gasteiger partial charge in [0.15, 0.2) is 0 Å². The van der Waals surface area contributed by atoms with Crippen LogP contribution in [-0.4, -0.2) is 0 Å². The maximum Gasteiger partial charge on any atom is 0.0979 e. The summed E-state index contributed by atoms with van der Waals surface area (Å²) in [6.07, 6.45) is 0. The fourth-order valence-electron chi connectivity index (χ4n) is 2.57. The molecule has 0 saturated carbocycles. The molecule has 0 aromatic heterocycles. The molecule has 1 aliphatic carbocycles. The summed E-state index contributed by atoms with van der Waals surface area (Å²) in [4.78, 5) is 0. The molecule has 0 fully saturated rings. The van der Waals surface area contributed by atoms with E-state index in [-0.39, 0.29) is 5.92 Å². The van der Waals surface area contributed by atoms with Crippen molar-refractivity contribution in [3.63, 3.8) is 0 Å². The van der Waals surface area contributed by atoms with Gasteiger partial charge >= 0.3 is 0 Å². The molecule has 2 N–H and O–H groups in total. The van der Waals surface area contributed by atoms with Gasteiger partial charge in [0.05, 0.1) is 17.3 Å². The molecule has 2 heteroatoms. The van der Waals surface area contributed by atoms with Gasteiger partial charge in [-0.1, -0.05) is 54.6 Å². The van der Waals surface area contributed by atoms with Gasteiger partial charge in [0.2, 0.25) is 0 Å². The second-order valence-electron chi connectivity index (χ2n) is 4.37. The van der Waals surface area contributed by atoms with E-state index in [2.05, 4.69) is 6.07 Å². The number of nitriles is 1. The Bertz CT molecular complexity index is 663. The number of hydrogen-bond acceptors (Lipinski definition) is 2. The Morgan fingerprint density at radius 1 is 0.944 bits per heavy atom. The molecule has 2 aromatic rings. The average molecular weight is 232 g/mol. The monoisotopic (exact) mass is 232 g/mol. The van der Waals surface area contributed by atoms with Gasteiger partial charge in [-0.15, -0.1) is 0 Å². The van der Waals surface area contributed by atoms with E-state index in [9.17, 15) is 5.26 Å². The summed E-state index contributed by atoms with van der Waals surface area (Å²) in [7, 11) is 0. The van der Waals surface area contributed by atoms with Crippen molar-refractivity contribution in [2.45, 2.75) is 5.92 Å². The Hall–Kier alpha value is -2.53. The van der Waals surface area contributed by atoms with Gasteiger partial charge in [0.25, 0.3) is 0 Å². The molecule has 0 amide bonds. The van der Waals surface area contributed by atoms with Crippen LogP contribution in [0.15, 0.2) is 60.2 Å². The Morgan fingerprint density at radius 3 is 2.33 bits per heavy atom. The summed E-state index contributed by atoms with van der Waals surface area (Å²) < 4.78 is 0. The highest BCUT2D eigenvalue weighted by Crippen LogP contribution is 2.42. The first-order chi connectivity index (χ1) is 8.83. The van der Waals surface area contributed by atoms with Crippen LogP contribution in [0.4, 0.5) is 0 Å². The predicted molar refractivity (Wildman–Crippen MR) is 71.4 cm³/mol. The van der Waals surface area contributed by atoms with Crippen molar-refractivity contribution in [1.82, 2.24) is 0 Å². The maximum atomic E-state index is 9.35. The van der Waals surface area contributed by atoms with Crippen LogP contribution < -0.4 is 5.73 Å². The third-order valence-electron chi connectivity index (χ3n) is 3.39. The van der Waals surface area contributed by atoms with Crippen molar-refractivity contribution < 1.29 is 0 Å². The standard InChI is InChI=1S/C16H12N2/c17-10-14-15(11-6-2-1-3-7-11)12-8-4-5-9-13(12)16(14)18/h1-9,15H,18H2/t15-/m1/s1. The third-order valence-corrected chi connectivity index (χ3v) is 3.39. The minimum Gasteiger partial charge on any atom is -0.397 e. The van der Waals surface area contributed by atoms with E-state index in [4.69, 9.17) is 5.73 Å². The lowest BCUT2D eigenvalue weighted by Crippen LogP contribution is -2.00. The minimum absolute atomic E-state index is 0.0209. The van der Waals surface area contributed by atoms with Crippen molar-refractivity contribution >= 4 is 5.70 Å². The quantitative estimate of drug-likeness (QED) is 0.821. The van der Waals surface area contributed by atoms with E-state index in [0.717, 1.165) is 16.7 Å². The number of hydrogen-bond donors (Lipinski definition) is 1. The summed E-state index contributed by atoms with van der Waals surface area (Å²) in [5, 5.41) is 9.35. The zero-order chi connectivity index (χ0) is 12.5. The smallest absolute Gasteiger partial charge is 0.0979 e. The molecule has 2 nitrogen and oxygen atoms in total. The molecule has 18 heavy (non-hydrogen) atoms. The van der Waals surface area contributed by atoms with Crippen LogP contribution in [0.1, 0.15) is 22.6 Å². The highest BCUT2D eigenvalue weighted by atomic mass is 14.6. The topological polar surface area (TPSA) is 49.8 Å². The molecule has 2 aromatic carbocycles. The van der Waals surface area contributed by atoms with Gasteiger partial charge in [-0.05, 0) is 11.1 Å². The van der Waals surface area contributed by atoms with Gasteiger partial charge < -0.3 is 5.73 Å². The van der Waals surface area contributed by atoms with Crippen LogP contribution >= 0.6 is 0 Å². The normalized spacial score (nSPS) is 17.4. The highest BCUT2D eigenvalue weighted by Gasteiger charge is 2.30. The van der Waals surface area contributed by atoms with Crippen molar-refractivity contribution in [2.24, 2.45) is 5.73 Å². The molecular formula is C16H12N2. The number of nitrogens with zero attached hydrogens (tertiary/aromatic N) is 1. The van der Waals surface area contributed by atoms with Crippen LogP contribution in [0, 0.1) is 11.3 Å². The van der Waals surface area contributed by atoms with Crippen LogP contribution in [0.25, 0.3) is 5.70 Å². The minimum atomic E-state index is -0.0209. The van der Waals surface area contributed by atoms with Crippen LogP contribution in [0.5, 0.6) is 0 Å². The molecule has 3 rings (SSSR count). The SMILES string of the molecule is N#CC1=C(N)c2ccccc2[C@H]1c1ccccc1. The highest BCUT2D eigenvalue weighted by molar-refractivity contribution is 5.81. The molecule has 0 heterocycles. The van der Waals surface area contributed by atoms with E-state index in [0.29, 0.717) is 11.3 Å². The molecule has 0 radical (unpaired) electrons. The van der Waals surface area contributed by atoms with Crippen LogP contribution in [-0.2, 0) is 0 Å². The zero-order valence-electron chi connectivity index (χ0n) is 9.80. The lowest BCUT2D eigenvalue weighted by molar-refractivity contribution is 1.01. The summed E-state index contributed by atoms with van der Waals surface area (Å²) in [6, 6.07) is 20.3. The van der Waals surface area contributed by atoms with E-state index in [1.165, 1.54) is 0 Å². The van der Waals surface area contributed by atoms with Crippen molar-refractivity contribution in [1.29, 1.82) is 5.26 Å². The van der Waals surface area contributed by atoms with Crippen LogP contribution in [0.3, 0.4) is 0 Å². The first kappa shape index (κ1) is 10.6. The molecule has 0 unspecified atom stereocenters. The van der Waals surface area contributed by atoms with E-state index < -0.39 is 0 Å². The third kappa shape index (κ3) is 1.42. The molecule has 0 spiro atoms. The second kappa shape index (κ2) is 4.05. The van der Waals surface area contributed by atoms with Crippen molar-refractivity contribution in [2.75, 3.05) is 0 Å². The lowest BCUT2D eigenvalue weighted by Gasteiger charge is -2.12. The first-order valence-electron chi connectivity index (χ1n) is 5.87. The Morgan fingerprint density at radius 2 is 1.61 bits per heavy atom. The van der Waals surface area contributed by atoms with Crippen LogP contribution in [0.2, 0.25) is 0 Å².